The van der Waals surface area contributed by atoms with Gasteiger partial charge in [0.25, 0.3) is 10.0 Å². The van der Waals surface area contributed by atoms with E-state index in [4.69, 9.17) is 23.2 Å². The Morgan fingerprint density at radius 3 is 2.16 bits per heavy atom. The number of aryl methyl sites for hydroxylation is 2. The van der Waals surface area contributed by atoms with Crippen LogP contribution in [0, 0.1) is 13.8 Å². The Hall–Kier alpha value is -3.85. The zero-order valence-corrected chi connectivity index (χ0v) is 27.2. The molecule has 44 heavy (non-hydrogen) atoms. The minimum absolute atomic E-state index is 0.00877. The van der Waals surface area contributed by atoms with Crippen LogP contribution in [-0.4, -0.2) is 44.3 Å². The van der Waals surface area contributed by atoms with Gasteiger partial charge in [0.05, 0.1) is 10.6 Å². The van der Waals surface area contributed by atoms with Crippen LogP contribution in [0.15, 0.2) is 102 Å². The van der Waals surface area contributed by atoms with Crippen LogP contribution in [0.25, 0.3) is 0 Å². The van der Waals surface area contributed by atoms with E-state index in [0.717, 1.165) is 15.4 Å². The van der Waals surface area contributed by atoms with Crippen LogP contribution in [0.4, 0.5) is 5.69 Å². The van der Waals surface area contributed by atoms with E-state index in [-0.39, 0.29) is 23.8 Å². The first-order valence-electron chi connectivity index (χ1n) is 14.2. The third-order valence-corrected chi connectivity index (χ3v) is 9.61. The van der Waals surface area contributed by atoms with E-state index in [2.05, 4.69) is 5.32 Å². The van der Waals surface area contributed by atoms with Crippen molar-refractivity contribution in [3.63, 3.8) is 0 Å². The third-order valence-electron chi connectivity index (χ3n) is 7.24. The van der Waals surface area contributed by atoms with Crippen LogP contribution in [-0.2, 0) is 32.6 Å². The summed E-state index contributed by atoms with van der Waals surface area (Å²) in [6.07, 6.45) is 0.216. The van der Waals surface area contributed by atoms with Crippen LogP contribution in [0.2, 0.25) is 10.0 Å². The molecular formula is C34H35Cl2N3O4S. The van der Waals surface area contributed by atoms with Gasteiger partial charge in [0.1, 0.15) is 12.6 Å². The Kier molecular flexibility index (Phi) is 11.1. The van der Waals surface area contributed by atoms with E-state index in [1.807, 2.05) is 37.3 Å². The fraction of sp³-hybridized carbons (Fsp3) is 0.235. The Bertz CT molecular complexity index is 1710. The Morgan fingerprint density at radius 1 is 0.864 bits per heavy atom. The normalized spacial score (nSPS) is 11.9. The first-order chi connectivity index (χ1) is 21.0. The number of halogens is 2. The first kappa shape index (κ1) is 33.1. The van der Waals surface area contributed by atoms with Crippen LogP contribution in [0.3, 0.4) is 0 Å². The van der Waals surface area contributed by atoms with E-state index in [1.165, 1.54) is 17.0 Å². The molecule has 0 unspecified atom stereocenters. The van der Waals surface area contributed by atoms with Gasteiger partial charge >= 0.3 is 0 Å². The summed E-state index contributed by atoms with van der Waals surface area (Å²) in [5, 5.41) is 3.71. The Labute approximate surface area is 269 Å². The van der Waals surface area contributed by atoms with Crippen LogP contribution in [0.5, 0.6) is 0 Å². The number of carbonyl (C=O) groups excluding carboxylic acids is 2. The second-order valence-corrected chi connectivity index (χ2v) is 13.2. The summed E-state index contributed by atoms with van der Waals surface area (Å²) in [6.45, 7) is 5.19. The average Bonchev–Trinajstić information content (AvgIpc) is 2.99. The van der Waals surface area contributed by atoms with Crippen LogP contribution in [0.1, 0.15) is 29.2 Å². The zero-order valence-electron chi connectivity index (χ0n) is 24.8. The van der Waals surface area contributed by atoms with Gasteiger partial charge in [-0.05, 0) is 73.9 Å². The molecule has 4 rings (SSSR count). The highest BCUT2D eigenvalue weighted by molar-refractivity contribution is 7.92. The smallest absolute Gasteiger partial charge is 0.264 e. The molecule has 7 nitrogen and oxygen atoms in total. The van der Waals surface area contributed by atoms with E-state index >= 15 is 0 Å². The fourth-order valence-electron chi connectivity index (χ4n) is 4.91. The summed E-state index contributed by atoms with van der Waals surface area (Å²) in [6, 6.07) is 26.8. The number of nitrogens with zero attached hydrogens (tertiary/aromatic N) is 2. The molecule has 2 amide bonds. The fourth-order valence-corrected chi connectivity index (χ4v) is 6.81. The number of anilines is 1. The molecule has 1 atom stereocenters. The molecule has 0 aliphatic carbocycles. The molecule has 0 heterocycles. The minimum Gasteiger partial charge on any atom is -0.355 e. The molecule has 4 aromatic rings. The predicted octanol–water partition coefficient (Wildman–Crippen LogP) is 6.58. The molecule has 0 aromatic heterocycles. The molecule has 0 aliphatic rings. The van der Waals surface area contributed by atoms with E-state index < -0.39 is 28.5 Å². The lowest BCUT2D eigenvalue weighted by Crippen LogP contribution is -2.53. The van der Waals surface area contributed by atoms with E-state index in [9.17, 15) is 18.0 Å². The lowest BCUT2D eigenvalue weighted by Gasteiger charge is -2.34. The quantitative estimate of drug-likeness (QED) is 0.187. The van der Waals surface area contributed by atoms with Crippen molar-refractivity contribution in [2.45, 2.75) is 44.7 Å². The molecule has 0 spiro atoms. The first-order valence-corrected chi connectivity index (χ1v) is 16.4. The van der Waals surface area contributed by atoms with Crippen LogP contribution < -0.4 is 9.62 Å². The number of benzene rings is 4. The summed E-state index contributed by atoms with van der Waals surface area (Å²) >= 11 is 12.7. The monoisotopic (exact) mass is 651 g/mol. The van der Waals surface area contributed by atoms with Gasteiger partial charge in [0.2, 0.25) is 11.8 Å². The summed E-state index contributed by atoms with van der Waals surface area (Å²) < 4.78 is 29.4. The van der Waals surface area contributed by atoms with Crippen molar-refractivity contribution in [3.05, 3.63) is 129 Å². The number of nitrogens with one attached hydrogen (secondary N) is 1. The number of hydrogen-bond donors (Lipinski definition) is 1. The van der Waals surface area contributed by atoms with Crippen molar-refractivity contribution in [1.82, 2.24) is 10.2 Å². The van der Waals surface area contributed by atoms with Crippen LogP contribution >= 0.6 is 23.2 Å². The second kappa shape index (κ2) is 14.8. The maximum Gasteiger partial charge on any atom is 0.264 e. The molecule has 4 aromatic carbocycles. The van der Waals surface area contributed by atoms with E-state index in [1.54, 1.807) is 68.4 Å². The van der Waals surface area contributed by atoms with Gasteiger partial charge in [-0.25, -0.2) is 8.42 Å². The third kappa shape index (κ3) is 8.00. The molecule has 1 N–H and O–H groups in total. The van der Waals surface area contributed by atoms with E-state index in [0.29, 0.717) is 33.4 Å². The molecule has 0 bridgehead atoms. The number of sulfonamides is 1. The number of hydrogen-bond acceptors (Lipinski definition) is 4. The van der Waals surface area contributed by atoms with Crippen molar-refractivity contribution in [1.29, 1.82) is 0 Å². The van der Waals surface area contributed by atoms with Gasteiger partial charge in [-0.15, -0.1) is 0 Å². The SMILES string of the molecule is CCNC(=O)[C@@H](Cc1ccccc1)N(Cc1ccccc1Cl)C(=O)CN(c1ccc(Cl)cc1C)S(=O)(=O)c1ccc(C)cc1. The van der Waals surface area contributed by atoms with Gasteiger partial charge in [0.15, 0.2) is 0 Å². The lowest BCUT2D eigenvalue weighted by atomic mass is 10.0. The maximum atomic E-state index is 14.5. The Morgan fingerprint density at radius 2 is 1.52 bits per heavy atom. The van der Waals surface area contributed by atoms with Crippen molar-refractivity contribution < 1.29 is 18.0 Å². The number of likely N-dealkylation sites (N-methyl/N-ethyl adjacent to an activating group) is 1. The number of rotatable bonds is 12. The topological polar surface area (TPSA) is 86.8 Å². The predicted molar refractivity (Wildman–Crippen MR) is 177 cm³/mol. The van der Waals surface area contributed by atoms with Gasteiger partial charge in [-0.2, -0.15) is 0 Å². The van der Waals surface area contributed by atoms with Gasteiger partial charge in [0, 0.05) is 29.6 Å². The van der Waals surface area contributed by atoms with Crippen molar-refractivity contribution in [3.8, 4) is 0 Å². The Balaban J connectivity index is 1.83. The molecule has 0 aliphatic heterocycles. The molecule has 0 fully saturated rings. The molecule has 230 valence electrons. The summed E-state index contributed by atoms with van der Waals surface area (Å²) in [7, 11) is -4.21. The van der Waals surface area contributed by atoms with Crippen molar-refractivity contribution in [2.75, 3.05) is 17.4 Å². The molecule has 0 saturated carbocycles. The summed E-state index contributed by atoms with van der Waals surface area (Å²) in [5.41, 5.74) is 3.24. The van der Waals surface area contributed by atoms with Gasteiger partial charge in [-0.1, -0.05) is 89.4 Å². The second-order valence-electron chi connectivity index (χ2n) is 10.5. The largest absolute Gasteiger partial charge is 0.355 e. The summed E-state index contributed by atoms with van der Waals surface area (Å²) in [4.78, 5) is 29.5. The maximum absolute atomic E-state index is 14.5. The van der Waals surface area contributed by atoms with Gasteiger partial charge in [-0.3, -0.25) is 13.9 Å². The standard InChI is InChI=1S/C34H35Cl2N3O4S/c1-4-37-34(41)32(21-26-10-6-5-7-11-26)38(22-27-12-8-9-13-30(27)36)33(40)23-39(31-19-16-28(35)20-25(31)3)44(42,43)29-17-14-24(2)15-18-29/h5-20,32H,4,21-23H2,1-3H3,(H,37,41)/t32-/m1/s1. The molecular weight excluding hydrogens is 617 g/mol. The lowest BCUT2D eigenvalue weighted by molar-refractivity contribution is -0.140. The highest BCUT2D eigenvalue weighted by atomic mass is 35.5. The highest BCUT2D eigenvalue weighted by Gasteiger charge is 2.35. The minimum atomic E-state index is -4.21. The average molecular weight is 653 g/mol. The van der Waals surface area contributed by atoms with Crippen molar-refractivity contribution in [2.24, 2.45) is 0 Å². The molecule has 10 heteroatoms. The number of carbonyl (C=O) groups is 2. The molecule has 0 saturated heterocycles. The van der Waals surface area contributed by atoms with Crippen molar-refractivity contribution >= 4 is 50.7 Å². The zero-order chi connectivity index (χ0) is 31.9. The van der Waals surface area contributed by atoms with Gasteiger partial charge < -0.3 is 10.2 Å². The highest BCUT2D eigenvalue weighted by Crippen LogP contribution is 2.30. The molecule has 0 radical (unpaired) electrons. The number of amides is 2. The summed E-state index contributed by atoms with van der Waals surface area (Å²) in [5.74, 6) is -0.922.